The Morgan fingerprint density at radius 1 is 1.13 bits per heavy atom. The van der Waals surface area contributed by atoms with Crippen LogP contribution in [0.3, 0.4) is 0 Å². The van der Waals surface area contributed by atoms with Crippen LogP contribution in [0.1, 0.15) is 23.5 Å². The van der Waals surface area contributed by atoms with Gasteiger partial charge in [0.25, 0.3) is 5.69 Å². The van der Waals surface area contributed by atoms with Gasteiger partial charge in [-0.25, -0.2) is 0 Å². The summed E-state index contributed by atoms with van der Waals surface area (Å²) in [7, 11) is 4.51. The average Bonchev–Trinajstić information content (AvgIpc) is 3.21. The number of benzene rings is 2. The zero-order valence-electron chi connectivity index (χ0n) is 17.0. The average molecular weight is 425 g/mol. The van der Waals surface area contributed by atoms with E-state index in [2.05, 4.69) is 10.2 Å². The molecule has 0 amide bonds. The lowest BCUT2D eigenvalue weighted by atomic mass is 9.85. The highest BCUT2D eigenvalue weighted by Crippen LogP contribution is 2.49. The van der Waals surface area contributed by atoms with E-state index in [1.165, 1.54) is 33.5 Å². The molecule has 10 nitrogen and oxygen atoms in total. The van der Waals surface area contributed by atoms with Crippen LogP contribution < -0.4 is 18.9 Å². The number of aromatic nitrogens is 2. The van der Waals surface area contributed by atoms with Crippen LogP contribution >= 0.6 is 0 Å². The fraction of sp³-hybridized carbons (Fsp3) is 0.238. The molecule has 0 saturated heterocycles. The molecule has 1 aliphatic rings. The Labute approximate surface area is 176 Å². The summed E-state index contributed by atoms with van der Waals surface area (Å²) in [5.74, 6) is 0.472. The van der Waals surface area contributed by atoms with Gasteiger partial charge < -0.3 is 18.9 Å². The summed E-state index contributed by atoms with van der Waals surface area (Å²) in [6, 6.07) is 9.66. The molecule has 1 unspecified atom stereocenters. The van der Waals surface area contributed by atoms with Crippen molar-refractivity contribution in [2.24, 2.45) is 0 Å². The first-order valence-electron chi connectivity index (χ1n) is 9.31. The molecule has 0 saturated carbocycles. The van der Waals surface area contributed by atoms with Crippen molar-refractivity contribution in [1.29, 1.82) is 0 Å². The van der Waals surface area contributed by atoms with Crippen molar-refractivity contribution in [3.05, 3.63) is 57.6 Å². The number of H-pyrrole nitrogens is 1. The van der Waals surface area contributed by atoms with E-state index in [-0.39, 0.29) is 18.0 Å². The molecule has 10 heteroatoms. The number of aromatic amines is 1. The number of rotatable bonds is 6. The molecule has 0 aliphatic carbocycles. The summed E-state index contributed by atoms with van der Waals surface area (Å²) >= 11 is 0. The lowest BCUT2D eigenvalue weighted by Gasteiger charge is -2.25. The third-order valence-corrected chi connectivity index (χ3v) is 5.15. The van der Waals surface area contributed by atoms with E-state index >= 15 is 0 Å². The van der Waals surface area contributed by atoms with Gasteiger partial charge in [0, 0.05) is 29.2 Å². The van der Waals surface area contributed by atoms with Crippen molar-refractivity contribution < 1.29 is 28.7 Å². The molecule has 2 heterocycles. The minimum atomic E-state index is -0.487. The highest BCUT2D eigenvalue weighted by Gasteiger charge is 2.36. The molecule has 0 spiro atoms. The monoisotopic (exact) mass is 425 g/mol. The maximum absolute atomic E-state index is 12.3. The smallest absolute Gasteiger partial charge is 0.313 e. The summed E-state index contributed by atoms with van der Waals surface area (Å²) < 4.78 is 21.8. The zero-order chi connectivity index (χ0) is 22.1. The molecule has 160 valence electrons. The van der Waals surface area contributed by atoms with Gasteiger partial charge in [-0.3, -0.25) is 20.0 Å². The molecule has 1 N–H and O–H groups in total. The third-order valence-electron chi connectivity index (χ3n) is 5.15. The first-order chi connectivity index (χ1) is 15.0. The van der Waals surface area contributed by atoms with Gasteiger partial charge >= 0.3 is 5.97 Å². The highest BCUT2D eigenvalue weighted by molar-refractivity contribution is 5.81. The molecule has 1 aliphatic heterocycles. The van der Waals surface area contributed by atoms with E-state index in [9.17, 15) is 14.9 Å². The first kappa shape index (κ1) is 20.2. The number of fused-ring (bicyclic) bond motifs is 1. The summed E-state index contributed by atoms with van der Waals surface area (Å²) in [5.41, 5.74) is 2.28. The van der Waals surface area contributed by atoms with Gasteiger partial charge in [-0.15, -0.1) is 5.10 Å². The quantitative estimate of drug-likeness (QED) is 0.362. The van der Waals surface area contributed by atoms with Crippen LogP contribution in [0.2, 0.25) is 0 Å². The molecule has 1 atom stereocenters. The van der Waals surface area contributed by atoms with Crippen LogP contribution in [0.15, 0.2) is 36.4 Å². The molecular weight excluding hydrogens is 406 g/mol. The SMILES string of the molecule is COc1ccc(C2CC(=O)Oc3n[nH]c(-c4cccc([N+](=O)[O-])c4)c32)c(OC)c1OC. The van der Waals surface area contributed by atoms with Crippen molar-refractivity contribution in [2.45, 2.75) is 12.3 Å². The second-order valence-corrected chi connectivity index (χ2v) is 6.78. The van der Waals surface area contributed by atoms with Crippen molar-refractivity contribution in [2.75, 3.05) is 21.3 Å². The highest BCUT2D eigenvalue weighted by atomic mass is 16.6. The number of non-ortho nitro benzene ring substituents is 1. The van der Waals surface area contributed by atoms with Gasteiger partial charge in [-0.1, -0.05) is 18.2 Å². The Bertz CT molecular complexity index is 1170. The normalized spacial score (nSPS) is 15.1. The Balaban J connectivity index is 1.91. The molecular formula is C21H19N3O7. The van der Waals surface area contributed by atoms with Gasteiger partial charge in [0.2, 0.25) is 11.6 Å². The minimum Gasteiger partial charge on any atom is -0.493 e. The fourth-order valence-corrected chi connectivity index (χ4v) is 3.81. The number of nitrogens with one attached hydrogen (secondary N) is 1. The molecule has 0 fully saturated rings. The van der Waals surface area contributed by atoms with Gasteiger partial charge in [0.05, 0.1) is 43.9 Å². The maximum Gasteiger partial charge on any atom is 0.313 e. The number of hydrogen-bond donors (Lipinski definition) is 1. The topological polar surface area (TPSA) is 126 Å². The van der Waals surface area contributed by atoms with Crippen LogP contribution in [0.4, 0.5) is 5.69 Å². The molecule has 2 aromatic carbocycles. The number of methoxy groups -OCH3 is 3. The van der Waals surface area contributed by atoms with E-state index in [1.54, 1.807) is 24.3 Å². The molecule has 3 aromatic rings. The number of nitro groups is 1. The van der Waals surface area contributed by atoms with Crippen molar-refractivity contribution in [1.82, 2.24) is 10.2 Å². The predicted molar refractivity (Wildman–Crippen MR) is 109 cm³/mol. The number of nitro benzene ring substituents is 1. The molecule has 1 aromatic heterocycles. The summed E-state index contributed by atoms with van der Waals surface area (Å²) in [5, 5.41) is 18.2. The first-order valence-corrected chi connectivity index (χ1v) is 9.31. The van der Waals surface area contributed by atoms with Crippen LogP contribution in [0.25, 0.3) is 11.3 Å². The Morgan fingerprint density at radius 3 is 2.58 bits per heavy atom. The van der Waals surface area contributed by atoms with Gasteiger partial charge in [-0.2, -0.15) is 0 Å². The molecule has 0 bridgehead atoms. The van der Waals surface area contributed by atoms with Gasteiger partial charge in [0.15, 0.2) is 11.5 Å². The Hall–Kier alpha value is -4.08. The van der Waals surface area contributed by atoms with Crippen LogP contribution in [0.5, 0.6) is 23.1 Å². The number of esters is 1. The number of nitrogens with zero attached hydrogens (tertiary/aromatic N) is 2. The number of carbonyl (C=O) groups is 1. The zero-order valence-corrected chi connectivity index (χ0v) is 17.0. The number of ether oxygens (including phenoxy) is 4. The minimum absolute atomic E-state index is 0.0281. The lowest BCUT2D eigenvalue weighted by Crippen LogP contribution is -2.21. The van der Waals surface area contributed by atoms with E-state index in [1.807, 2.05) is 0 Å². The van der Waals surface area contributed by atoms with E-state index in [0.717, 1.165) is 0 Å². The summed E-state index contributed by atoms with van der Waals surface area (Å²) in [6.07, 6.45) is 0.0281. The largest absolute Gasteiger partial charge is 0.493 e. The molecule has 31 heavy (non-hydrogen) atoms. The Morgan fingerprint density at radius 2 is 1.90 bits per heavy atom. The molecule has 4 rings (SSSR count). The second kappa shape index (κ2) is 7.98. The van der Waals surface area contributed by atoms with Gasteiger partial charge in [-0.05, 0) is 6.07 Å². The van der Waals surface area contributed by atoms with Crippen LogP contribution in [0, 0.1) is 10.1 Å². The lowest BCUT2D eigenvalue weighted by molar-refractivity contribution is -0.384. The van der Waals surface area contributed by atoms with E-state index < -0.39 is 16.8 Å². The van der Waals surface area contributed by atoms with E-state index in [4.69, 9.17) is 18.9 Å². The number of hydrogen-bond acceptors (Lipinski definition) is 8. The fourth-order valence-electron chi connectivity index (χ4n) is 3.81. The van der Waals surface area contributed by atoms with E-state index in [0.29, 0.717) is 39.6 Å². The summed E-state index contributed by atoms with van der Waals surface area (Å²) in [6.45, 7) is 0. The van der Waals surface area contributed by atoms with Crippen LogP contribution in [-0.4, -0.2) is 42.4 Å². The third kappa shape index (κ3) is 3.41. The van der Waals surface area contributed by atoms with Crippen molar-refractivity contribution in [3.8, 4) is 34.4 Å². The predicted octanol–water partition coefficient (Wildman–Crippen LogP) is 3.45. The van der Waals surface area contributed by atoms with Crippen molar-refractivity contribution in [3.63, 3.8) is 0 Å². The molecule has 0 radical (unpaired) electrons. The Kier molecular flexibility index (Phi) is 5.20. The van der Waals surface area contributed by atoms with Crippen LogP contribution in [-0.2, 0) is 4.79 Å². The van der Waals surface area contributed by atoms with Crippen molar-refractivity contribution >= 4 is 11.7 Å². The maximum atomic E-state index is 12.3. The summed E-state index contributed by atoms with van der Waals surface area (Å²) in [4.78, 5) is 23.1. The number of carbonyl (C=O) groups excluding carboxylic acids is 1. The second-order valence-electron chi connectivity index (χ2n) is 6.78. The standard InChI is InChI=1S/C21H19N3O7/c1-28-15-8-7-13(19(29-2)20(15)30-3)14-10-16(25)31-21-17(14)18(22-23-21)11-5-4-6-12(9-11)24(26)27/h4-9,14H,10H2,1-3H3,(H,22,23). The van der Waals surface area contributed by atoms with Gasteiger partial charge in [0.1, 0.15) is 0 Å².